The zero-order valence-electron chi connectivity index (χ0n) is 15.6. The first kappa shape index (κ1) is 22.0. The summed E-state index contributed by atoms with van der Waals surface area (Å²) < 4.78 is 68.0. The average molecular weight is 449 g/mol. The number of nitrogens with one attached hydrogen (secondary N) is 1. The van der Waals surface area contributed by atoms with Crippen molar-refractivity contribution >= 4 is 22.2 Å². The quantitative estimate of drug-likeness (QED) is 0.352. The van der Waals surface area contributed by atoms with E-state index in [4.69, 9.17) is 4.18 Å². The topological polar surface area (TPSA) is 97.7 Å². The van der Waals surface area contributed by atoms with Crippen LogP contribution in [-0.2, 0) is 16.3 Å². The van der Waals surface area contributed by atoms with Crippen LogP contribution in [0, 0.1) is 0 Å². The number of para-hydroxylation sites is 1. The minimum Gasteiger partial charge on any atom is -0.378 e. The fourth-order valence-corrected chi connectivity index (χ4v) is 3.32. The maximum atomic E-state index is 12.7. The van der Waals surface area contributed by atoms with Crippen LogP contribution in [-0.4, -0.2) is 25.5 Å². The monoisotopic (exact) mass is 449 g/mol. The number of alkyl halides is 3. The normalized spacial score (nSPS) is 12.0. The summed E-state index contributed by atoms with van der Waals surface area (Å²) in [4.78, 5) is 15.3. The van der Waals surface area contributed by atoms with Gasteiger partial charge in [0.1, 0.15) is 4.90 Å². The zero-order valence-corrected chi connectivity index (χ0v) is 16.4. The van der Waals surface area contributed by atoms with E-state index in [1.807, 2.05) is 0 Å². The highest BCUT2D eigenvalue weighted by Crippen LogP contribution is 2.30. The van der Waals surface area contributed by atoms with Gasteiger partial charge in [-0.05, 0) is 48.5 Å². The van der Waals surface area contributed by atoms with Crippen LogP contribution in [0.15, 0.2) is 83.1 Å². The first-order valence-corrected chi connectivity index (χ1v) is 10.0. The van der Waals surface area contributed by atoms with Gasteiger partial charge in [0.05, 0.1) is 17.3 Å². The third kappa shape index (κ3) is 5.66. The summed E-state index contributed by atoms with van der Waals surface area (Å²) in [5.74, 6) is -0.651. The average Bonchev–Trinajstić information content (AvgIpc) is 2.75. The Morgan fingerprint density at radius 1 is 1.03 bits per heavy atom. The Morgan fingerprint density at radius 2 is 1.74 bits per heavy atom. The molecule has 1 heterocycles. The maximum absolute atomic E-state index is 12.7. The van der Waals surface area contributed by atoms with Gasteiger partial charge in [-0.1, -0.05) is 12.1 Å². The second-order valence-corrected chi connectivity index (χ2v) is 7.58. The lowest BCUT2D eigenvalue weighted by atomic mass is 10.2. The van der Waals surface area contributed by atoms with E-state index in [1.165, 1.54) is 42.9 Å². The van der Waals surface area contributed by atoms with E-state index in [1.54, 1.807) is 12.1 Å². The van der Waals surface area contributed by atoms with E-state index in [0.29, 0.717) is 12.1 Å². The smallest absolute Gasteiger partial charge is 0.378 e. The van der Waals surface area contributed by atoms with Crippen LogP contribution < -0.4 is 9.61 Å². The first-order chi connectivity index (χ1) is 14.7. The van der Waals surface area contributed by atoms with Gasteiger partial charge in [0, 0.05) is 18.0 Å². The standard InChI is InChI=1S/C20H14F3N3O4S/c21-20(22,23)16-7-9-17(10-8-16)31(28,29)30-18-6-2-1-4-14(18)13-25-26-19(27)15-5-3-11-24-12-15/h1-13H,(H,26,27)/b25-13+. The number of hydrogen-bond donors (Lipinski definition) is 1. The Labute approximate surface area is 175 Å². The Bertz CT molecular complexity index is 1200. The van der Waals surface area contributed by atoms with Crippen molar-refractivity contribution in [1.82, 2.24) is 10.4 Å². The minimum atomic E-state index is -4.59. The number of nitrogens with zero attached hydrogens (tertiary/aromatic N) is 2. The molecular weight excluding hydrogens is 435 g/mol. The lowest BCUT2D eigenvalue weighted by Crippen LogP contribution is -2.17. The molecule has 1 aromatic heterocycles. The molecule has 0 radical (unpaired) electrons. The predicted molar refractivity (Wildman–Crippen MR) is 105 cm³/mol. The molecule has 1 amide bonds. The molecule has 11 heteroatoms. The van der Waals surface area contributed by atoms with Gasteiger partial charge in [-0.3, -0.25) is 9.78 Å². The summed E-state index contributed by atoms with van der Waals surface area (Å²) in [6.45, 7) is 0. The van der Waals surface area contributed by atoms with Crippen molar-refractivity contribution in [3.8, 4) is 5.75 Å². The molecule has 3 aromatic rings. The van der Waals surface area contributed by atoms with Crippen LogP contribution in [0.1, 0.15) is 21.5 Å². The van der Waals surface area contributed by atoms with Gasteiger partial charge in [0.25, 0.3) is 5.91 Å². The van der Waals surface area contributed by atoms with Crippen molar-refractivity contribution in [1.29, 1.82) is 0 Å². The molecule has 0 bridgehead atoms. The zero-order chi connectivity index (χ0) is 22.5. The van der Waals surface area contributed by atoms with Crippen LogP contribution in [0.2, 0.25) is 0 Å². The molecule has 0 aliphatic heterocycles. The summed E-state index contributed by atoms with van der Waals surface area (Å²) in [5.41, 5.74) is 1.77. The van der Waals surface area contributed by atoms with Crippen molar-refractivity contribution in [2.75, 3.05) is 0 Å². The first-order valence-electron chi connectivity index (χ1n) is 8.61. The van der Waals surface area contributed by atoms with Crippen LogP contribution in [0.4, 0.5) is 13.2 Å². The molecule has 1 N–H and O–H groups in total. The number of halogens is 3. The summed E-state index contributed by atoms with van der Waals surface area (Å²) in [6, 6.07) is 11.9. The van der Waals surface area contributed by atoms with Gasteiger partial charge in [-0.25, -0.2) is 5.43 Å². The van der Waals surface area contributed by atoms with Gasteiger partial charge in [0.2, 0.25) is 0 Å². The highest BCUT2D eigenvalue weighted by atomic mass is 32.2. The molecular formula is C20H14F3N3O4S. The number of benzene rings is 2. The van der Waals surface area contributed by atoms with Crippen LogP contribution in [0.25, 0.3) is 0 Å². The molecule has 0 saturated carbocycles. The van der Waals surface area contributed by atoms with Crippen molar-refractivity contribution in [3.63, 3.8) is 0 Å². The summed E-state index contributed by atoms with van der Waals surface area (Å²) in [7, 11) is -4.41. The van der Waals surface area contributed by atoms with Crippen molar-refractivity contribution in [3.05, 3.63) is 89.7 Å². The number of pyridine rings is 1. The van der Waals surface area contributed by atoms with Gasteiger partial charge >= 0.3 is 16.3 Å². The van der Waals surface area contributed by atoms with E-state index in [-0.39, 0.29) is 16.9 Å². The lowest BCUT2D eigenvalue weighted by molar-refractivity contribution is -0.137. The highest BCUT2D eigenvalue weighted by molar-refractivity contribution is 7.87. The Kier molecular flexibility index (Phi) is 6.35. The van der Waals surface area contributed by atoms with Gasteiger partial charge in [-0.2, -0.15) is 26.7 Å². The number of hydrogen-bond acceptors (Lipinski definition) is 6. The highest BCUT2D eigenvalue weighted by Gasteiger charge is 2.31. The van der Waals surface area contributed by atoms with E-state index in [0.717, 1.165) is 12.1 Å². The summed E-state index contributed by atoms with van der Waals surface area (Å²) in [5, 5.41) is 3.77. The minimum absolute atomic E-state index is 0.123. The maximum Gasteiger partial charge on any atom is 0.416 e. The van der Waals surface area contributed by atoms with Crippen LogP contribution in [0.5, 0.6) is 5.75 Å². The molecule has 0 fully saturated rings. The second kappa shape index (κ2) is 8.96. The molecule has 3 rings (SSSR count). The SMILES string of the molecule is O=C(N/N=C/c1ccccc1OS(=O)(=O)c1ccc(C(F)(F)F)cc1)c1cccnc1. The number of carbonyl (C=O) groups is 1. The second-order valence-electron chi connectivity index (χ2n) is 6.04. The molecule has 0 spiro atoms. The van der Waals surface area contributed by atoms with Gasteiger partial charge < -0.3 is 4.18 Å². The van der Waals surface area contributed by atoms with Gasteiger partial charge in [0.15, 0.2) is 5.75 Å². The van der Waals surface area contributed by atoms with E-state index < -0.39 is 32.7 Å². The molecule has 0 saturated heterocycles. The third-order valence-electron chi connectivity index (χ3n) is 3.88. The Hall–Kier alpha value is -3.73. The number of rotatable bonds is 6. The van der Waals surface area contributed by atoms with Crippen LogP contribution >= 0.6 is 0 Å². The summed E-state index contributed by atoms with van der Waals surface area (Å²) >= 11 is 0. The molecule has 7 nitrogen and oxygen atoms in total. The molecule has 160 valence electrons. The number of hydrazone groups is 1. The lowest BCUT2D eigenvalue weighted by Gasteiger charge is -2.11. The molecule has 0 unspecified atom stereocenters. The van der Waals surface area contributed by atoms with E-state index in [2.05, 4.69) is 15.5 Å². The molecule has 31 heavy (non-hydrogen) atoms. The fraction of sp³-hybridized carbons (Fsp3) is 0.0500. The van der Waals surface area contributed by atoms with Crippen LogP contribution in [0.3, 0.4) is 0 Å². The number of aromatic nitrogens is 1. The Morgan fingerprint density at radius 3 is 2.39 bits per heavy atom. The number of amides is 1. The molecule has 0 aliphatic rings. The number of carbonyl (C=O) groups excluding carboxylic acids is 1. The van der Waals surface area contributed by atoms with E-state index >= 15 is 0 Å². The Balaban J connectivity index is 1.76. The third-order valence-corrected chi connectivity index (χ3v) is 5.13. The predicted octanol–water partition coefficient (Wildman–Crippen LogP) is 3.63. The van der Waals surface area contributed by atoms with E-state index in [9.17, 15) is 26.4 Å². The fourth-order valence-electron chi connectivity index (χ4n) is 2.36. The van der Waals surface area contributed by atoms with Crippen molar-refractivity contribution in [2.24, 2.45) is 5.10 Å². The van der Waals surface area contributed by atoms with Crippen molar-refractivity contribution in [2.45, 2.75) is 11.1 Å². The summed E-state index contributed by atoms with van der Waals surface area (Å²) in [6.07, 6.45) is -0.568. The molecule has 2 aromatic carbocycles. The molecule has 0 aliphatic carbocycles. The largest absolute Gasteiger partial charge is 0.416 e. The van der Waals surface area contributed by atoms with Crippen molar-refractivity contribution < 1.29 is 30.6 Å². The van der Waals surface area contributed by atoms with Gasteiger partial charge in [-0.15, -0.1) is 0 Å². The molecule has 0 atom stereocenters.